The van der Waals surface area contributed by atoms with Crippen LogP contribution in [0.4, 0.5) is 0 Å². The Bertz CT molecular complexity index is 855. The second-order valence-electron chi connectivity index (χ2n) is 6.06. The summed E-state index contributed by atoms with van der Waals surface area (Å²) in [4.78, 5) is 37.7. The number of rotatable bonds is 6. The maximum Gasteiger partial charge on any atom is 0.330 e. The van der Waals surface area contributed by atoms with Crippen molar-refractivity contribution in [1.29, 1.82) is 0 Å². The number of hydrogen-bond acceptors (Lipinski definition) is 5. The van der Waals surface area contributed by atoms with E-state index in [0.29, 0.717) is 12.2 Å². The topological polar surface area (TPSA) is 73.5 Å². The number of carbonyl (C=O) groups is 1. The zero-order chi connectivity index (χ0) is 18.6. The monoisotopic (exact) mass is 345 g/mol. The third-order valence-corrected chi connectivity index (χ3v) is 4.26. The molecule has 0 aliphatic heterocycles. The van der Waals surface area contributed by atoms with E-state index in [1.165, 1.54) is 24.7 Å². The van der Waals surface area contributed by atoms with Crippen LogP contribution in [0.2, 0.25) is 0 Å². The highest BCUT2D eigenvalue weighted by atomic mass is 16.5. The second kappa shape index (κ2) is 7.94. The zero-order valence-electron chi connectivity index (χ0n) is 14.9. The van der Waals surface area contributed by atoms with E-state index in [0.717, 1.165) is 10.1 Å². The van der Waals surface area contributed by atoms with Crippen LogP contribution in [0.5, 0.6) is 0 Å². The van der Waals surface area contributed by atoms with E-state index < -0.39 is 23.3 Å². The van der Waals surface area contributed by atoms with Crippen LogP contribution in [0.25, 0.3) is 0 Å². The first-order valence-corrected chi connectivity index (χ1v) is 7.98. The minimum atomic E-state index is -0.455. The van der Waals surface area contributed by atoms with E-state index >= 15 is 0 Å². The van der Waals surface area contributed by atoms with Gasteiger partial charge in [0.1, 0.15) is 12.6 Å². The molecule has 2 rings (SSSR count). The molecule has 1 atom stereocenters. The van der Waals surface area contributed by atoms with Crippen LogP contribution in [-0.2, 0) is 36.8 Å². The van der Waals surface area contributed by atoms with Crippen molar-refractivity contribution in [3.8, 4) is 0 Å². The van der Waals surface area contributed by atoms with E-state index in [2.05, 4.69) is 0 Å². The number of nitrogens with zero attached hydrogens (tertiary/aromatic N) is 3. The molecule has 0 N–H and O–H groups in total. The maximum absolute atomic E-state index is 12.3. The van der Waals surface area contributed by atoms with Crippen molar-refractivity contribution < 1.29 is 9.53 Å². The molecule has 0 bridgehead atoms. The molecule has 0 radical (unpaired) electrons. The molecule has 0 spiro atoms. The van der Waals surface area contributed by atoms with Crippen LogP contribution in [0.1, 0.15) is 18.2 Å². The van der Waals surface area contributed by atoms with Gasteiger partial charge in [-0.25, -0.2) is 4.79 Å². The number of ether oxygens (including phenoxy) is 1. The molecular weight excluding hydrogens is 322 g/mol. The van der Waals surface area contributed by atoms with Gasteiger partial charge >= 0.3 is 11.7 Å². The number of likely N-dealkylation sites (N-methyl/N-ethyl adjacent to an activating group) is 1. The van der Waals surface area contributed by atoms with Gasteiger partial charge in [0.2, 0.25) is 0 Å². The summed E-state index contributed by atoms with van der Waals surface area (Å²) < 4.78 is 7.59. The Hall–Kier alpha value is -2.67. The van der Waals surface area contributed by atoms with Gasteiger partial charge in [-0.2, -0.15) is 0 Å². The van der Waals surface area contributed by atoms with Gasteiger partial charge in [-0.1, -0.05) is 30.3 Å². The highest BCUT2D eigenvalue weighted by Gasteiger charge is 2.20. The Balaban J connectivity index is 2.00. The Labute approximate surface area is 146 Å². The quantitative estimate of drug-likeness (QED) is 0.719. The van der Waals surface area contributed by atoms with E-state index in [9.17, 15) is 14.4 Å². The Kier molecular flexibility index (Phi) is 5.93. The lowest BCUT2D eigenvalue weighted by molar-refractivity contribution is -0.150. The van der Waals surface area contributed by atoms with Crippen LogP contribution in [0.3, 0.4) is 0 Å². The predicted octanol–water partition coefficient (Wildman–Crippen LogP) is 0.648. The summed E-state index contributed by atoms with van der Waals surface area (Å²) in [6, 6.07) is 10.7. The fraction of sp³-hybridized carbons (Fsp3) is 0.389. The molecule has 0 aliphatic carbocycles. The smallest absolute Gasteiger partial charge is 0.330 e. The molecule has 1 aromatic heterocycles. The third kappa shape index (κ3) is 4.45. The van der Waals surface area contributed by atoms with Crippen molar-refractivity contribution >= 4 is 5.97 Å². The average molecular weight is 345 g/mol. The SMILES string of the molecule is C[C@@H](C(=O)OCc1cc(=O)n(C)c(=O)n1C)N(C)Cc1ccccc1. The summed E-state index contributed by atoms with van der Waals surface area (Å²) in [6.45, 7) is 2.25. The molecule has 134 valence electrons. The van der Waals surface area contributed by atoms with Gasteiger partial charge < -0.3 is 4.74 Å². The van der Waals surface area contributed by atoms with Crippen molar-refractivity contribution in [3.63, 3.8) is 0 Å². The molecule has 2 aromatic rings. The van der Waals surface area contributed by atoms with Crippen LogP contribution in [0.15, 0.2) is 46.0 Å². The van der Waals surface area contributed by atoms with Crippen molar-refractivity contribution in [2.75, 3.05) is 7.05 Å². The molecule has 25 heavy (non-hydrogen) atoms. The first-order valence-electron chi connectivity index (χ1n) is 7.98. The van der Waals surface area contributed by atoms with Crippen molar-refractivity contribution in [2.45, 2.75) is 26.1 Å². The van der Waals surface area contributed by atoms with Gasteiger partial charge in [-0.05, 0) is 19.5 Å². The van der Waals surface area contributed by atoms with Crippen LogP contribution < -0.4 is 11.2 Å². The zero-order valence-corrected chi connectivity index (χ0v) is 14.9. The van der Waals surface area contributed by atoms with Gasteiger partial charge in [0.05, 0.1) is 5.69 Å². The first-order chi connectivity index (χ1) is 11.8. The maximum atomic E-state index is 12.3. The average Bonchev–Trinajstić information content (AvgIpc) is 2.61. The van der Waals surface area contributed by atoms with E-state index in [1.807, 2.05) is 42.3 Å². The summed E-state index contributed by atoms with van der Waals surface area (Å²) in [6.07, 6.45) is 0. The molecule has 0 amide bonds. The molecule has 7 heteroatoms. The number of esters is 1. The normalized spacial score (nSPS) is 12.2. The number of carbonyl (C=O) groups excluding carboxylic acids is 1. The fourth-order valence-corrected chi connectivity index (χ4v) is 2.37. The van der Waals surface area contributed by atoms with Gasteiger partial charge in [0.25, 0.3) is 5.56 Å². The summed E-state index contributed by atoms with van der Waals surface area (Å²) in [5.41, 5.74) is 0.578. The molecule has 0 unspecified atom stereocenters. The lowest BCUT2D eigenvalue weighted by Crippen LogP contribution is -2.39. The Morgan fingerprint density at radius 2 is 1.80 bits per heavy atom. The highest BCUT2D eigenvalue weighted by molar-refractivity contribution is 5.75. The molecule has 0 saturated heterocycles. The number of hydrogen-bond donors (Lipinski definition) is 0. The van der Waals surface area contributed by atoms with Crippen LogP contribution >= 0.6 is 0 Å². The predicted molar refractivity (Wildman–Crippen MR) is 94.1 cm³/mol. The van der Waals surface area contributed by atoms with Gasteiger partial charge in [-0.3, -0.25) is 23.6 Å². The van der Waals surface area contributed by atoms with Crippen molar-refractivity contribution in [3.05, 3.63) is 68.5 Å². The lowest BCUT2D eigenvalue weighted by atomic mass is 10.2. The molecule has 1 aromatic carbocycles. The molecule has 1 heterocycles. The lowest BCUT2D eigenvalue weighted by Gasteiger charge is -2.23. The highest BCUT2D eigenvalue weighted by Crippen LogP contribution is 2.08. The van der Waals surface area contributed by atoms with Gasteiger partial charge in [0.15, 0.2) is 0 Å². The summed E-state index contributed by atoms with van der Waals surface area (Å²) in [5, 5.41) is 0. The summed E-state index contributed by atoms with van der Waals surface area (Å²) in [7, 11) is 4.78. The number of benzene rings is 1. The molecule has 0 fully saturated rings. The molecule has 0 aliphatic rings. The van der Waals surface area contributed by atoms with Gasteiger partial charge in [-0.15, -0.1) is 0 Å². The van der Waals surface area contributed by atoms with Crippen LogP contribution in [-0.4, -0.2) is 33.1 Å². The van der Waals surface area contributed by atoms with Crippen molar-refractivity contribution in [2.24, 2.45) is 14.1 Å². The minimum Gasteiger partial charge on any atom is -0.458 e. The minimum absolute atomic E-state index is 0.121. The second-order valence-corrected chi connectivity index (χ2v) is 6.06. The summed E-state index contributed by atoms with van der Waals surface area (Å²) in [5.74, 6) is -0.411. The molecule has 0 saturated carbocycles. The molecular formula is C18H23N3O4. The largest absolute Gasteiger partial charge is 0.458 e. The Morgan fingerprint density at radius 3 is 2.44 bits per heavy atom. The van der Waals surface area contributed by atoms with E-state index in [1.54, 1.807) is 6.92 Å². The van der Waals surface area contributed by atoms with Crippen LogP contribution in [0, 0.1) is 0 Å². The fourth-order valence-electron chi connectivity index (χ4n) is 2.37. The van der Waals surface area contributed by atoms with E-state index in [-0.39, 0.29) is 6.61 Å². The third-order valence-electron chi connectivity index (χ3n) is 4.26. The Morgan fingerprint density at radius 1 is 1.16 bits per heavy atom. The van der Waals surface area contributed by atoms with E-state index in [4.69, 9.17) is 4.74 Å². The standard InChI is InChI=1S/C18H23N3O4/c1-13(19(2)11-14-8-6-5-7-9-14)17(23)25-12-15-10-16(22)21(4)18(24)20(15)3/h5-10,13H,11-12H2,1-4H3/t13-/m0/s1. The van der Waals surface area contributed by atoms with Crippen molar-refractivity contribution in [1.82, 2.24) is 14.0 Å². The summed E-state index contributed by atoms with van der Waals surface area (Å²) >= 11 is 0. The first kappa shape index (κ1) is 18.7. The molecule has 7 nitrogen and oxygen atoms in total. The number of aromatic nitrogens is 2. The van der Waals surface area contributed by atoms with Gasteiger partial charge in [0, 0.05) is 26.7 Å².